The number of hydrogen-bond donors (Lipinski definition) is 2. The third-order valence-electron chi connectivity index (χ3n) is 2.55. The minimum atomic E-state index is -0.784. The van der Waals surface area contributed by atoms with Crippen LogP contribution in [0.5, 0.6) is 0 Å². The number of nitrogens with two attached hydrogens (primary N) is 1. The van der Waals surface area contributed by atoms with E-state index in [2.05, 4.69) is 20.8 Å². The minimum absolute atomic E-state index is 0.164. The van der Waals surface area contributed by atoms with Gasteiger partial charge in [0.15, 0.2) is 0 Å². The Labute approximate surface area is 80.3 Å². The Morgan fingerprint density at radius 1 is 1.54 bits per heavy atom. The van der Waals surface area contributed by atoms with E-state index in [1.807, 2.05) is 0 Å². The van der Waals surface area contributed by atoms with E-state index >= 15 is 0 Å². The van der Waals surface area contributed by atoms with Gasteiger partial charge in [-0.2, -0.15) is 0 Å². The molecule has 13 heavy (non-hydrogen) atoms. The summed E-state index contributed by atoms with van der Waals surface area (Å²) in [5.74, 6) is 0. The van der Waals surface area contributed by atoms with Gasteiger partial charge in [0.25, 0.3) is 0 Å². The number of hydrogen-bond acceptors (Lipinski definition) is 3. The third kappa shape index (κ3) is 2.93. The van der Waals surface area contributed by atoms with Gasteiger partial charge in [-0.1, -0.05) is 20.8 Å². The minimum Gasteiger partial charge on any atom is -0.386 e. The first-order valence-corrected chi connectivity index (χ1v) is 4.89. The molecule has 2 atom stereocenters. The van der Waals surface area contributed by atoms with Crippen LogP contribution in [0.4, 0.5) is 0 Å². The molecule has 2 unspecified atom stereocenters. The van der Waals surface area contributed by atoms with Gasteiger partial charge in [-0.25, -0.2) is 0 Å². The van der Waals surface area contributed by atoms with Gasteiger partial charge in [-0.15, -0.1) is 0 Å². The Balaban J connectivity index is 2.51. The molecule has 0 saturated carbocycles. The zero-order valence-electron chi connectivity index (χ0n) is 8.84. The lowest BCUT2D eigenvalue weighted by Crippen LogP contribution is -2.50. The lowest BCUT2D eigenvalue weighted by molar-refractivity contribution is -0.00616. The van der Waals surface area contributed by atoms with Crippen LogP contribution in [-0.2, 0) is 4.74 Å². The highest BCUT2D eigenvalue weighted by Crippen LogP contribution is 2.29. The zero-order chi connectivity index (χ0) is 10.1. The fourth-order valence-corrected chi connectivity index (χ4v) is 1.71. The average Bonchev–Trinajstić information content (AvgIpc) is 2.33. The lowest BCUT2D eigenvalue weighted by Gasteiger charge is -2.32. The van der Waals surface area contributed by atoms with Crippen molar-refractivity contribution >= 4 is 0 Å². The highest BCUT2D eigenvalue weighted by Gasteiger charge is 2.39. The Kier molecular flexibility index (Phi) is 3.00. The molecular formula is C10H21NO2. The van der Waals surface area contributed by atoms with Gasteiger partial charge in [0.1, 0.15) is 5.60 Å². The summed E-state index contributed by atoms with van der Waals surface area (Å²) >= 11 is 0. The van der Waals surface area contributed by atoms with Gasteiger partial charge in [-0.05, 0) is 11.8 Å². The molecule has 0 aromatic heterocycles. The summed E-state index contributed by atoms with van der Waals surface area (Å²) in [6, 6.07) is -0.171. The molecular weight excluding hydrogens is 166 g/mol. The van der Waals surface area contributed by atoms with Crippen molar-refractivity contribution in [3.8, 4) is 0 Å². The summed E-state index contributed by atoms with van der Waals surface area (Å²) in [7, 11) is 0. The van der Waals surface area contributed by atoms with Crippen molar-refractivity contribution in [2.45, 2.75) is 45.3 Å². The van der Waals surface area contributed by atoms with Gasteiger partial charge in [0.2, 0.25) is 0 Å². The Bertz CT molecular complexity index is 168. The summed E-state index contributed by atoms with van der Waals surface area (Å²) < 4.78 is 5.17. The average molecular weight is 187 g/mol. The van der Waals surface area contributed by atoms with Crippen LogP contribution in [0.3, 0.4) is 0 Å². The third-order valence-corrected chi connectivity index (χ3v) is 2.55. The quantitative estimate of drug-likeness (QED) is 0.675. The van der Waals surface area contributed by atoms with Crippen molar-refractivity contribution in [2.75, 3.05) is 13.2 Å². The van der Waals surface area contributed by atoms with Gasteiger partial charge in [-0.3, -0.25) is 0 Å². The molecule has 3 heteroatoms. The largest absolute Gasteiger partial charge is 0.386 e. The summed E-state index contributed by atoms with van der Waals surface area (Å²) in [4.78, 5) is 0. The molecule has 0 amide bonds. The molecule has 0 bridgehead atoms. The summed E-state index contributed by atoms with van der Waals surface area (Å²) in [5, 5.41) is 10.1. The first-order valence-electron chi connectivity index (χ1n) is 4.89. The molecule has 0 aromatic rings. The fraction of sp³-hybridized carbons (Fsp3) is 1.00. The molecule has 1 aliphatic heterocycles. The van der Waals surface area contributed by atoms with Crippen molar-refractivity contribution in [1.82, 2.24) is 0 Å². The molecule has 1 rings (SSSR count). The van der Waals surface area contributed by atoms with Crippen LogP contribution in [0, 0.1) is 5.41 Å². The van der Waals surface area contributed by atoms with Crippen molar-refractivity contribution < 1.29 is 9.84 Å². The highest BCUT2D eigenvalue weighted by molar-refractivity contribution is 4.94. The SMILES string of the molecule is CC(C)(C)CC(N)C1(O)CCOC1. The molecule has 3 N–H and O–H groups in total. The Morgan fingerprint density at radius 3 is 2.54 bits per heavy atom. The first-order chi connectivity index (χ1) is 5.83. The molecule has 1 heterocycles. The monoisotopic (exact) mass is 187 g/mol. The molecule has 0 aliphatic carbocycles. The normalized spacial score (nSPS) is 32.1. The zero-order valence-corrected chi connectivity index (χ0v) is 8.84. The summed E-state index contributed by atoms with van der Waals surface area (Å²) in [6.45, 7) is 7.42. The Hall–Kier alpha value is -0.120. The predicted octanol–water partition coefficient (Wildman–Crippen LogP) is 0.901. The van der Waals surface area contributed by atoms with E-state index < -0.39 is 5.60 Å². The molecule has 1 fully saturated rings. The van der Waals surface area contributed by atoms with E-state index in [4.69, 9.17) is 10.5 Å². The van der Waals surface area contributed by atoms with Crippen LogP contribution < -0.4 is 5.73 Å². The predicted molar refractivity (Wildman–Crippen MR) is 52.4 cm³/mol. The van der Waals surface area contributed by atoms with Gasteiger partial charge >= 0.3 is 0 Å². The summed E-state index contributed by atoms with van der Waals surface area (Å²) in [6.07, 6.45) is 1.50. The van der Waals surface area contributed by atoms with Gasteiger partial charge in [0.05, 0.1) is 6.61 Å². The fourth-order valence-electron chi connectivity index (χ4n) is 1.71. The summed E-state index contributed by atoms with van der Waals surface area (Å²) in [5.41, 5.74) is 5.35. The van der Waals surface area contributed by atoms with Crippen LogP contribution in [0.1, 0.15) is 33.6 Å². The molecule has 0 radical (unpaired) electrons. The number of rotatable bonds is 2. The van der Waals surface area contributed by atoms with Crippen LogP contribution in [0.2, 0.25) is 0 Å². The van der Waals surface area contributed by atoms with Crippen molar-refractivity contribution in [3.63, 3.8) is 0 Å². The van der Waals surface area contributed by atoms with E-state index in [0.29, 0.717) is 19.6 Å². The van der Waals surface area contributed by atoms with Crippen LogP contribution >= 0.6 is 0 Å². The van der Waals surface area contributed by atoms with Gasteiger partial charge in [0, 0.05) is 19.1 Å². The topological polar surface area (TPSA) is 55.5 Å². The van der Waals surface area contributed by atoms with Crippen LogP contribution in [0.25, 0.3) is 0 Å². The molecule has 78 valence electrons. The van der Waals surface area contributed by atoms with Gasteiger partial charge < -0.3 is 15.6 Å². The van der Waals surface area contributed by atoms with E-state index in [1.165, 1.54) is 0 Å². The highest BCUT2D eigenvalue weighted by atomic mass is 16.5. The maximum absolute atomic E-state index is 10.1. The second-order valence-corrected chi connectivity index (χ2v) is 5.28. The van der Waals surface area contributed by atoms with E-state index in [-0.39, 0.29) is 11.5 Å². The molecule has 3 nitrogen and oxygen atoms in total. The van der Waals surface area contributed by atoms with Crippen LogP contribution in [-0.4, -0.2) is 30.0 Å². The maximum Gasteiger partial charge on any atom is 0.105 e. The molecule has 1 saturated heterocycles. The van der Waals surface area contributed by atoms with Crippen molar-refractivity contribution in [1.29, 1.82) is 0 Å². The smallest absolute Gasteiger partial charge is 0.105 e. The molecule has 0 aromatic carbocycles. The van der Waals surface area contributed by atoms with E-state index in [1.54, 1.807) is 0 Å². The Morgan fingerprint density at radius 2 is 2.15 bits per heavy atom. The van der Waals surface area contributed by atoms with Crippen LogP contribution in [0.15, 0.2) is 0 Å². The van der Waals surface area contributed by atoms with E-state index in [0.717, 1.165) is 6.42 Å². The standard InChI is InChI=1S/C10H21NO2/c1-9(2,3)6-8(11)10(12)4-5-13-7-10/h8,12H,4-7,11H2,1-3H3. The first kappa shape index (κ1) is 11.0. The molecule has 1 aliphatic rings. The maximum atomic E-state index is 10.1. The van der Waals surface area contributed by atoms with E-state index in [9.17, 15) is 5.11 Å². The lowest BCUT2D eigenvalue weighted by atomic mass is 9.81. The van der Waals surface area contributed by atoms with Crippen molar-refractivity contribution in [2.24, 2.45) is 11.1 Å². The second-order valence-electron chi connectivity index (χ2n) is 5.28. The number of aliphatic hydroxyl groups is 1. The van der Waals surface area contributed by atoms with Crippen molar-refractivity contribution in [3.05, 3.63) is 0 Å². The second kappa shape index (κ2) is 3.56. The number of ether oxygens (including phenoxy) is 1. The molecule has 0 spiro atoms.